The minimum atomic E-state index is -1.08. The summed E-state index contributed by atoms with van der Waals surface area (Å²) in [6.07, 6.45) is 3.78. The van der Waals surface area contributed by atoms with Crippen LogP contribution in [0, 0.1) is 5.82 Å². The molecule has 1 aliphatic heterocycles. The number of carbonyl (C=O) groups excluding carboxylic acids is 2. The second kappa shape index (κ2) is 11.4. The molecule has 37 heavy (non-hydrogen) atoms. The lowest BCUT2D eigenvalue weighted by molar-refractivity contribution is -0.131. The summed E-state index contributed by atoms with van der Waals surface area (Å²) in [5.41, 5.74) is 3.29. The minimum Gasteiger partial charge on any atom is -0.478 e. The van der Waals surface area contributed by atoms with E-state index in [1.165, 1.54) is 30.3 Å². The number of anilines is 1. The Labute approximate surface area is 219 Å². The van der Waals surface area contributed by atoms with E-state index in [0.717, 1.165) is 11.6 Å². The van der Waals surface area contributed by atoms with E-state index in [4.69, 9.17) is 16.7 Å². The lowest BCUT2D eigenvalue weighted by Crippen LogP contribution is -2.46. The first-order valence-corrected chi connectivity index (χ1v) is 12.3. The molecule has 3 aromatic rings. The van der Waals surface area contributed by atoms with Crippen LogP contribution in [0.3, 0.4) is 0 Å². The molecular formula is C29H26ClFN2O4. The molecule has 3 aromatic carbocycles. The van der Waals surface area contributed by atoms with Crippen LogP contribution in [0.25, 0.3) is 6.08 Å². The Morgan fingerprint density at radius 1 is 1.08 bits per heavy atom. The summed E-state index contributed by atoms with van der Waals surface area (Å²) in [5.74, 6) is -1.93. The van der Waals surface area contributed by atoms with Gasteiger partial charge in [0.1, 0.15) is 5.82 Å². The SMILES string of the molecule is CC1CC(NC(=O)CCc2ccc(Cl)cc2)c2cc(C=CC(=O)O)ccc2N1C(=O)c1ccc(F)cc1. The lowest BCUT2D eigenvalue weighted by atomic mass is 9.89. The van der Waals surface area contributed by atoms with Crippen LogP contribution >= 0.6 is 11.6 Å². The summed E-state index contributed by atoms with van der Waals surface area (Å²) >= 11 is 5.94. The molecule has 6 nitrogen and oxygen atoms in total. The summed E-state index contributed by atoms with van der Waals surface area (Å²) in [4.78, 5) is 39.0. The maximum atomic E-state index is 13.4. The first-order valence-electron chi connectivity index (χ1n) is 11.9. The van der Waals surface area contributed by atoms with Crippen molar-refractivity contribution >= 4 is 41.1 Å². The van der Waals surface area contributed by atoms with Crippen LogP contribution in [0.4, 0.5) is 10.1 Å². The number of amides is 2. The molecule has 0 saturated carbocycles. The summed E-state index contributed by atoms with van der Waals surface area (Å²) < 4.78 is 13.4. The van der Waals surface area contributed by atoms with Gasteiger partial charge in [-0.2, -0.15) is 0 Å². The first-order chi connectivity index (χ1) is 17.7. The monoisotopic (exact) mass is 520 g/mol. The Bertz CT molecular complexity index is 1340. The van der Waals surface area contributed by atoms with Gasteiger partial charge in [0, 0.05) is 34.8 Å². The van der Waals surface area contributed by atoms with Gasteiger partial charge < -0.3 is 15.3 Å². The van der Waals surface area contributed by atoms with Gasteiger partial charge in [-0.15, -0.1) is 0 Å². The van der Waals surface area contributed by atoms with Gasteiger partial charge in [-0.3, -0.25) is 9.59 Å². The molecule has 190 valence electrons. The van der Waals surface area contributed by atoms with Gasteiger partial charge in [-0.1, -0.05) is 29.8 Å². The first kappa shape index (κ1) is 26.1. The number of carbonyl (C=O) groups is 3. The van der Waals surface area contributed by atoms with Crippen LogP contribution in [-0.2, 0) is 16.0 Å². The fourth-order valence-electron chi connectivity index (χ4n) is 4.51. The fraction of sp³-hybridized carbons (Fsp3) is 0.207. The van der Waals surface area contributed by atoms with E-state index in [9.17, 15) is 18.8 Å². The second-order valence-corrected chi connectivity index (χ2v) is 9.44. The van der Waals surface area contributed by atoms with Crippen molar-refractivity contribution in [3.63, 3.8) is 0 Å². The van der Waals surface area contributed by atoms with E-state index in [1.54, 1.807) is 35.2 Å². The van der Waals surface area contributed by atoms with Crippen molar-refractivity contribution in [2.24, 2.45) is 0 Å². The van der Waals surface area contributed by atoms with E-state index in [-0.39, 0.29) is 30.3 Å². The molecular weight excluding hydrogens is 495 g/mol. The summed E-state index contributed by atoms with van der Waals surface area (Å²) in [6.45, 7) is 1.90. The predicted molar refractivity (Wildman–Crippen MR) is 141 cm³/mol. The van der Waals surface area contributed by atoms with Crippen LogP contribution in [0.15, 0.2) is 72.8 Å². The smallest absolute Gasteiger partial charge is 0.328 e. The molecule has 1 aliphatic rings. The number of hydrogen-bond donors (Lipinski definition) is 2. The molecule has 2 N–H and O–H groups in total. The largest absolute Gasteiger partial charge is 0.478 e. The normalized spacial score (nSPS) is 16.9. The Kier molecular flexibility index (Phi) is 8.04. The van der Waals surface area contributed by atoms with Crippen LogP contribution < -0.4 is 10.2 Å². The van der Waals surface area contributed by atoms with Crippen molar-refractivity contribution in [2.45, 2.75) is 38.3 Å². The number of carboxylic acid groups (broad SMARTS) is 1. The van der Waals surface area contributed by atoms with Crippen molar-refractivity contribution < 1.29 is 23.9 Å². The topological polar surface area (TPSA) is 86.7 Å². The number of aliphatic carboxylic acids is 1. The zero-order valence-corrected chi connectivity index (χ0v) is 20.9. The average Bonchev–Trinajstić information content (AvgIpc) is 2.87. The third-order valence-corrected chi connectivity index (χ3v) is 6.57. The average molecular weight is 521 g/mol. The molecule has 2 atom stereocenters. The quantitative estimate of drug-likeness (QED) is 0.385. The fourth-order valence-corrected chi connectivity index (χ4v) is 4.63. The lowest BCUT2D eigenvalue weighted by Gasteiger charge is -2.40. The van der Waals surface area contributed by atoms with Crippen molar-refractivity contribution in [1.82, 2.24) is 5.32 Å². The summed E-state index contributed by atoms with van der Waals surface area (Å²) in [5, 5.41) is 12.7. The minimum absolute atomic E-state index is 0.136. The molecule has 0 saturated heterocycles. The van der Waals surface area contributed by atoms with Crippen LogP contribution in [-0.4, -0.2) is 28.9 Å². The van der Waals surface area contributed by atoms with Crippen molar-refractivity contribution in [1.29, 1.82) is 0 Å². The van der Waals surface area contributed by atoms with E-state index in [2.05, 4.69) is 5.32 Å². The van der Waals surface area contributed by atoms with Gasteiger partial charge in [-0.25, -0.2) is 9.18 Å². The van der Waals surface area contributed by atoms with Gasteiger partial charge in [0.05, 0.1) is 6.04 Å². The van der Waals surface area contributed by atoms with Gasteiger partial charge in [-0.05, 0) is 91.1 Å². The van der Waals surface area contributed by atoms with Gasteiger partial charge in [0.2, 0.25) is 5.91 Å². The number of rotatable bonds is 7. The standard InChI is InChI=1S/C29H26ClFN2O4/c1-18-16-25(32-27(34)14-5-19-2-9-22(30)10-3-19)24-17-20(6-15-28(35)36)4-13-26(24)33(18)29(37)21-7-11-23(31)12-8-21/h2-4,6-13,15,17-18,25H,5,14,16H2,1H3,(H,32,34)(H,35,36). The molecule has 0 fully saturated rings. The van der Waals surface area contributed by atoms with E-state index >= 15 is 0 Å². The van der Waals surface area contributed by atoms with Gasteiger partial charge >= 0.3 is 5.97 Å². The number of halogens is 2. The Hall–Kier alpha value is -3.97. The number of aryl methyl sites for hydroxylation is 1. The summed E-state index contributed by atoms with van der Waals surface area (Å²) in [6, 6.07) is 17.3. The third-order valence-electron chi connectivity index (χ3n) is 6.32. The van der Waals surface area contributed by atoms with Crippen molar-refractivity contribution in [3.05, 3.63) is 106 Å². The Balaban J connectivity index is 1.61. The molecule has 0 aliphatic carbocycles. The molecule has 1 heterocycles. The number of hydrogen-bond acceptors (Lipinski definition) is 3. The molecule has 2 amide bonds. The highest BCUT2D eigenvalue weighted by atomic mass is 35.5. The number of nitrogens with zero attached hydrogens (tertiary/aromatic N) is 1. The Morgan fingerprint density at radius 3 is 2.46 bits per heavy atom. The maximum Gasteiger partial charge on any atom is 0.328 e. The van der Waals surface area contributed by atoms with Gasteiger partial charge in [0.15, 0.2) is 0 Å². The highest BCUT2D eigenvalue weighted by molar-refractivity contribution is 6.30. The van der Waals surface area contributed by atoms with Crippen LogP contribution in [0.2, 0.25) is 5.02 Å². The molecule has 2 unspecified atom stereocenters. The zero-order chi connectivity index (χ0) is 26.5. The molecule has 0 bridgehead atoms. The zero-order valence-electron chi connectivity index (χ0n) is 20.2. The highest BCUT2D eigenvalue weighted by Crippen LogP contribution is 2.39. The van der Waals surface area contributed by atoms with Crippen molar-refractivity contribution in [3.8, 4) is 0 Å². The van der Waals surface area contributed by atoms with Gasteiger partial charge in [0.25, 0.3) is 5.91 Å². The Morgan fingerprint density at radius 2 is 1.78 bits per heavy atom. The number of benzene rings is 3. The van der Waals surface area contributed by atoms with E-state index in [1.807, 2.05) is 19.1 Å². The predicted octanol–water partition coefficient (Wildman–Crippen LogP) is 5.81. The highest BCUT2D eigenvalue weighted by Gasteiger charge is 2.35. The molecule has 0 spiro atoms. The van der Waals surface area contributed by atoms with Crippen LogP contribution in [0.1, 0.15) is 52.9 Å². The molecule has 0 aromatic heterocycles. The molecule has 0 radical (unpaired) electrons. The third kappa shape index (κ3) is 6.43. The second-order valence-electron chi connectivity index (χ2n) is 9.00. The van der Waals surface area contributed by atoms with E-state index in [0.29, 0.717) is 40.2 Å². The number of fused-ring (bicyclic) bond motifs is 1. The van der Waals surface area contributed by atoms with Crippen molar-refractivity contribution in [2.75, 3.05) is 4.90 Å². The number of nitrogens with one attached hydrogen (secondary N) is 1. The van der Waals surface area contributed by atoms with Crippen LogP contribution in [0.5, 0.6) is 0 Å². The van der Waals surface area contributed by atoms with E-state index < -0.39 is 11.8 Å². The maximum absolute atomic E-state index is 13.4. The summed E-state index contributed by atoms with van der Waals surface area (Å²) in [7, 11) is 0. The number of carboxylic acids is 1. The molecule has 4 rings (SSSR count). The molecule has 8 heteroatoms.